The summed E-state index contributed by atoms with van der Waals surface area (Å²) in [5.74, 6) is -1.10. The molecule has 0 bridgehead atoms. The highest BCUT2D eigenvalue weighted by atomic mass is 31.2. The fourth-order valence-corrected chi connectivity index (χ4v) is 8.61. The van der Waals surface area contributed by atoms with Crippen LogP contribution in [0.15, 0.2) is 48.6 Å². The molecule has 0 saturated heterocycles. The number of carbonyl (C=O) groups is 2. The first kappa shape index (κ1) is 60.8. The summed E-state index contributed by atoms with van der Waals surface area (Å²) in [5, 5.41) is 50.2. The van der Waals surface area contributed by atoms with Crippen LogP contribution in [-0.2, 0) is 32.7 Å². The van der Waals surface area contributed by atoms with Crippen LogP contribution in [0.5, 0.6) is 0 Å². The van der Waals surface area contributed by atoms with Crippen LogP contribution in [0.1, 0.15) is 206 Å². The number of esters is 2. The number of phosphoric ester groups is 1. The summed E-state index contributed by atoms with van der Waals surface area (Å²) in [5.41, 5.74) is 0. The molecule has 6 unspecified atom stereocenters. The highest BCUT2D eigenvalue weighted by Crippen LogP contribution is 2.47. The maximum atomic E-state index is 12.8. The third-order valence-corrected chi connectivity index (χ3v) is 12.7. The quantitative estimate of drug-likeness (QED) is 0.0146. The molecular weight excluding hydrogens is 852 g/mol. The Kier molecular flexibility index (Phi) is 38.2. The van der Waals surface area contributed by atoms with Gasteiger partial charge in [-0.3, -0.25) is 18.6 Å². The normalized spacial score (nSPS) is 21.8. The van der Waals surface area contributed by atoms with Crippen molar-refractivity contribution < 1.29 is 63.1 Å². The minimum atomic E-state index is -5.12. The van der Waals surface area contributed by atoms with Gasteiger partial charge in [-0.1, -0.05) is 191 Å². The Labute approximate surface area is 392 Å². The lowest BCUT2D eigenvalue weighted by Crippen LogP contribution is -2.64. The van der Waals surface area contributed by atoms with Crippen LogP contribution in [0.2, 0.25) is 0 Å². The van der Waals surface area contributed by atoms with E-state index in [9.17, 15) is 44.6 Å². The van der Waals surface area contributed by atoms with Gasteiger partial charge in [0, 0.05) is 12.8 Å². The van der Waals surface area contributed by atoms with Crippen molar-refractivity contribution in [2.75, 3.05) is 13.2 Å². The van der Waals surface area contributed by atoms with Gasteiger partial charge in [0.05, 0.1) is 6.61 Å². The minimum Gasteiger partial charge on any atom is -0.462 e. The molecule has 1 aliphatic carbocycles. The maximum absolute atomic E-state index is 12.8. The second kappa shape index (κ2) is 40.8. The summed E-state index contributed by atoms with van der Waals surface area (Å²) in [7, 11) is -5.12. The second-order valence-corrected chi connectivity index (χ2v) is 19.1. The molecule has 1 saturated carbocycles. The van der Waals surface area contributed by atoms with Crippen LogP contribution in [0.4, 0.5) is 0 Å². The Hall–Kier alpha value is -2.19. The average Bonchev–Trinajstić information content (AvgIpc) is 3.29. The SMILES string of the molecule is CC/C=C\C/C=C\C/C=C\C/C=C\CCCCCCCCCCC(=O)OC(COC(=O)CCCCCCCCCCCCCCCCC)COP(=O)(O)OC1C(O)C(O)C(O)C(O)C1O. The summed E-state index contributed by atoms with van der Waals surface area (Å²) in [6.45, 7) is 3.20. The predicted octanol–water partition coefficient (Wildman–Crippen LogP) is 10.7. The summed E-state index contributed by atoms with van der Waals surface area (Å²) in [6, 6.07) is 0. The summed E-state index contributed by atoms with van der Waals surface area (Å²) in [4.78, 5) is 35.8. The number of hydrogen-bond donors (Lipinski definition) is 6. The molecule has 14 heteroatoms. The first-order valence-electron chi connectivity index (χ1n) is 25.4. The van der Waals surface area contributed by atoms with Gasteiger partial charge in [-0.05, 0) is 51.4 Å². The van der Waals surface area contributed by atoms with Gasteiger partial charge in [-0.15, -0.1) is 0 Å². The van der Waals surface area contributed by atoms with E-state index >= 15 is 0 Å². The van der Waals surface area contributed by atoms with Crippen molar-refractivity contribution in [1.29, 1.82) is 0 Å². The molecule has 6 N–H and O–H groups in total. The summed E-state index contributed by atoms with van der Waals surface area (Å²) >= 11 is 0. The smallest absolute Gasteiger partial charge is 0.462 e. The molecule has 0 amide bonds. The minimum absolute atomic E-state index is 0.0876. The van der Waals surface area contributed by atoms with Crippen molar-refractivity contribution >= 4 is 19.8 Å². The molecule has 0 aliphatic heterocycles. The van der Waals surface area contributed by atoms with Gasteiger partial charge in [0.1, 0.15) is 43.2 Å². The lowest BCUT2D eigenvalue weighted by molar-refractivity contribution is -0.220. The molecular formula is C51H91O13P. The van der Waals surface area contributed by atoms with E-state index in [1.165, 1.54) is 83.5 Å². The second-order valence-electron chi connectivity index (χ2n) is 17.7. The number of ether oxygens (including phenoxy) is 2. The lowest BCUT2D eigenvalue weighted by Gasteiger charge is -2.41. The zero-order chi connectivity index (χ0) is 47.8. The van der Waals surface area contributed by atoms with Crippen molar-refractivity contribution in [2.24, 2.45) is 0 Å². The van der Waals surface area contributed by atoms with E-state index in [2.05, 4.69) is 62.5 Å². The summed E-state index contributed by atoms with van der Waals surface area (Å²) in [6.07, 6.45) is 35.8. The topological polar surface area (TPSA) is 210 Å². The number of aliphatic hydroxyl groups is 5. The molecule has 1 fully saturated rings. The fraction of sp³-hybridized carbons (Fsp3) is 0.804. The standard InChI is InChI=1S/C51H91O13P/c1-3-5-7-9-11-13-15-17-19-20-21-22-23-24-26-28-30-32-34-36-38-40-45(53)63-43(42-62-65(59,60)64-51-49(57)47(55)46(54)48(56)50(51)58)41-61-44(52)39-37-35-33-31-29-27-25-18-16-14-12-10-8-6-4-2/h5,7,11,13,17,19,21-22,43,46-51,54-58H,3-4,6,8-10,12,14-16,18,20,23-42H2,1-2H3,(H,59,60)/b7-5-,13-11-,19-17-,22-21-. The van der Waals surface area contributed by atoms with Crippen molar-refractivity contribution in [2.45, 2.75) is 249 Å². The first-order valence-corrected chi connectivity index (χ1v) is 26.9. The van der Waals surface area contributed by atoms with E-state index < -0.39 is 75.7 Å². The first-order chi connectivity index (χ1) is 31.4. The molecule has 0 spiro atoms. The Morgan fingerprint density at radius 2 is 0.877 bits per heavy atom. The Balaban J connectivity index is 2.40. The van der Waals surface area contributed by atoms with E-state index in [-0.39, 0.29) is 12.8 Å². The molecule has 1 aliphatic rings. The van der Waals surface area contributed by atoms with E-state index in [1.807, 2.05) is 0 Å². The molecule has 0 radical (unpaired) electrons. The van der Waals surface area contributed by atoms with Crippen LogP contribution in [0.3, 0.4) is 0 Å². The van der Waals surface area contributed by atoms with Crippen LogP contribution in [0, 0.1) is 0 Å². The lowest BCUT2D eigenvalue weighted by atomic mass is 9.85. The fourth-order valence-electron chi connectivity index (χ4n) is 7.63. The molecule has 0 aromatic heterocycles. The van der Waals surface area contributed by atoms with E-state index in [1.54, 1.807) is 0 Å². The van der Waals surface area contributed by atoms with Gasteiger partial charge in [0.25, 0.3) is 0 Å². The molecule has 65 heavy (non-hydrogen) atoms. The van der Waals surface area contributed by atoms with E-state index in [0.717, 1.165) is 83.5 Å². The average molecular weight is 943 g/mol. The molecule has 0 aromatic rings. The predicted molar refractivity (Wildman–Crippen MR) is 258 cm³/mol. The molecule has 6 atom stereocenters. The van der Waals surface area contributed by atoms with Crippen LogP contribution >= 0.6 is 7.82 Å². The number of hydrogen-bond acceptors (Lipinski definition) is 12. The summed E-state index contributed by atoms with van der Waals surface area (Å²) < 4.78 is 33.6. The van der Waals surface area contributed by atoms with Crippen molar-refractivity contribution in [3.8, 4) is 0 Å². The largest absolute Gasteiger partial charge is 0.472 e. The molecule has 0 heterocycles. The van der Waals surface area contributed by atoms with Gasteiger partial charge >= 0.3 is 19.8 Å². The van der Waals surface area contributed by atoms with Crippen molar-refractivity contribution in [3.63, 3.8) is 0 Å². The molecule has 0 aromatic carbocycles. The van der Waals surface area contributed by atoms with Gasteiger partial charge in [0.2, 0.25) is 0 Å². The highest BCUT2D eigenvalue weighted by molar-refractivity contribution is 7.47. The Morgan fingerprint density at radius 3 is 1.34 bits per heavy atom. The number of allylic oxidation sites excluding steroid dienone is 8. The van der Waals surface area contributed by atoms with E-state index in [0.29, 0.717) is 12.8 Å². The third-order valence-electron chi connectivity index (χ3n) is 11.7. The Bertz CT molecular complexity index is 1320. The zero-order valence-electron chi connectivity index (χ0n) is 40.3. The van der Waals surface area contributed by atoms with Crippen molar-refractivity contribution in [1.82, 2.24) is 0 Å². The van der Waals surface area contributed by atoms with E-state index in [4.69, 9.17) is 18.5 Å². The van der Waals surface area contributed by atoms with Crippen LogP contribution in [-0.4, -0.2) is 98.3 Å². The van der Waals surface area contributed by atoms with Gasteiger partial charge in [-0.2, -0.15) is 0 Å². The van der Waals surface area contributed by atoms with Crippen LogP contribution < -0.4 is 0 Å². The van der Waals surface area contributed by atoms with Gasteiger partial charge in [0.15, 0.2) is 6.10 Å². The number of unbranched alkanes of at least 4 members (excludes halogenated alkanes) is 22. The third kappa shape index (κ3) is 33.0. The number of phosphoric acid groups is 1. The molecule has 13 nitrogen and oxygen atoms in total. The van der Waals surface area contributed by atoms with Crippen molar-refractivity contribution in [3.05, 3.63) is 48.6 Å². The maximum Gasteiger partial charge on any atom is 0.472 e. The monoisotopic (exact) mass is 943 g/mol. The van der Waals surface area contributed by atoms with Gasteiger partial charge in [-0.25, -0.2) is 4.57 Å². The molecule has 378 valence electrons. The van der Waals surface area contributed by atoms with Gasteiger partial charge < -0.3 is 39.9 Å². The zero-order valence-corrected chi connectivity index (χ0v) is 41.2. The highest BCUT2D eigenvalue weighted by Gasteiger charge is 2.51. The molecule has 1 rings (SSSR count). The van der Waals surface area contributed by atoms with Crippen LogP contribution in [0.25, 0.3) is 0 Å². The Morgan fingerprint density at radius 1 is 0.492 bits per heavy atom. The number of rotatable bonds is 42. The number of aliphatic hydroxyl groups excluding tert-OH is 5. The number of carbonyl (C=O) groups excluding carboxylic acids is 2.